The van der Waals surface area contributed by atoms with Crippen LogP contribution in [0.2, 0.25) is 0 Å². The van der Waals surface area contributed by atoms with Crippen molar-refractivity contribution in [3.63, 3.8) is 0 Å². The summed E-state index contributed by atoms with van der Waals surface area (Å²) in [6, 6.07) is 20.6. The zero-order valence-electron chi connectivity index (χ0n) is 15.7. The van der Waals surface area contributed by atoms with E-state index in [4.69, 9.17) is 0 Å². The lowest BCUT2D eigenvalue weighted by Gasteiger charge is -2.16. The van der Waals surface area contributed by atoms with Gasteiger partial charge in [-0.2, -0.15) is 4.68 Å². The number of carbonyl (C=O) groups excluding carboxylic acids is 1. The normalized spacial score (nSPS) is 12.0. The van der Waals surface area contributed by atoms with Gasteiger partial charge in [0, 0.05) is 0 Å². The summed E-state index contributed by atoms with van der Waals surface area (Å²) in [5.74, 6) is 0.252. The lowest BCUT2D eigenvalue weighted by atomic mass is 10.00. The summed E-state index contributed by atoms with van der Waals surface area (Å²) in [6.45, 7) is 1.98. The molecule has 0 saturated carbocycles. The van der Waals surface area contributed by atoms with Crippen LogP contribution in [0.1, 0.15) is 18.5 Å². The SMILES string of the molecule is C[C@@H](NC(=O)CSc1nnnn1-c1ccc(O)cc1)c1cccc2ccccc12. The van der Waals surface area contributed by atoms with E-state index in [0.29, 0.717) is 10.8 Å². The number of tetrazole rings is 1. The molecule has 0 unspecified atom stereocenters. The van der Waals surface area contributed by atoms with Gasteiger partial charge in [0.15, 0.2) is 0 Å². The summed E-state index contributed by atoms with van der Waals surface area (Å²) in [5.41, 5.74) is 1.79. The van der Waals surface area contributed by atoms with Gasteiger partial charge < -0.3 is 10.4 Å². The Morgan fingerprint density at radius 2 is 1.86 bits per heavy atom. The van der Waals surface area contributed by atoms with Gasteiger partial charge in [-0.3, -0.25) is 4.79 Å². The van der Waals surface area contributed by atoms with Gasteiger partial charge >= 0.3 is 0 Å². The number of phenols is 1. The first-order valence-corrected chi connectivity index (χ1v) is 10.1. The third kappa shape index (κ3) is 4.22. The summed E-state index contributed by atoms with van der Waals surface area (Å²) >= 11 is 1.25. The molecule has 4 aromatic rings. The number of hydrogen-bond acceptors (Lipinski definition) is 6. The quantitative estimate of drug-likeness (QED) is 0.477. The fraction of sp³-hybridized carbons (Fsp3) is 0.143. The molecule has 0 aliphatic heterocycles. The fourth-order valence-corrected chi connectivity index (χ4v) is 3.85. The van der Waals surface area contributed by atoms with Crippen LogP contribution >= 0.6 is 11.8 Å². The molecule has 1 heterocycles. The second kappa shape index (κ2) is 8.32. The summed E-state index contributed by atoms with van der Waals surface area (Å²) in [6.07, 6.45) is 0. The number of aromatic nitrogens is 4. The maximum atomic E-state index is 12.5. The standard InChI is InChI=1S/C21H19N5O2S/c1-14(18-8-4-6-15-5-2-3-7-19(15)18)22-20(28)13-29-21-23-24-25-26(21)16-9-11-17(27)12-10-16/h2-12,14,27H,13H2,1H3,(H,22,28)/t14-/m1/s1. The molecule has 0 bridgehead atoms. The maximum absolute atomic E-state index is 12.5. The third-order valence-corrected chi connectivity index (χ3v) is 5.45. The number of benzene rings is 3. The zero-order valence-corrected chi connectivity index (χ0v) is 16.5. The van der Waals surface area contributed by atoms with Crippen LogP contribution in [0, 0.1) is 0 Å². The van der Waals surface area contributed by atoms with E-state index in [0.717, 1.165) is 16.3 Å². The number of hydrogen-bond donors (Lipinski definition) is 2. The van der Waals surface area contributed by atoms with Crippen molar-refractivity contribution in [1.82, 2.24) is 25.5 Å². The molecule has 1 amide bonds. The highest BCUT2D eigenvalue weighted by Crippen LogP contribution is 2.25. The van der Waals surface area contributed by atoms with Gasteiger partial charge in [-0.25, -0.2) is 0 Å². The summed E-state index contributed by atoms with van der Waals surface area (Å²) in [4.78, 5) is 12.5. The smallest absolute Gasteiger partial charge is 0.230 e. The molecule has 0 aliphatic carbocycles. The number of nitrogens with zero attached hydrogens (tertiary/aromatic N) is 4. The van der Waals surface area contributed by atoms with Crippen molar-refractivity contribution in [2.45, 2.75) is 18.1 Å². The highest BCUT2D eigenvalue weighted by molar-refractivity contribution is 7.99. The number of rotatable bonds is 6. The molecule has 8 heteroatoms. The molecule has 1 atom stereocenters. The van der Waals surface area contributed by atoms with Gasteiger partial charge in [0.05, 0.1) is 17.5 Å². The minimum atomic E-state index is -0.123. The van der Waals surface area contributed by atoms with Crippen LogP contribution in [0.4, 0.5) is 0 Å². The van der Waals surface area contributed by atoms with E-state index >= 15 is 0 Å². The van der Waals surface area contributed by atoms with Gasteiger partial charge in [0.25, 0.3) is 0 Å². The number of fused-ring (bicyclic) bond motifs is 1. The Hall–Kier alpha value is -3.39. The molecule has 29 heavy (non-hydrogen) atoms. The maximum Gasteiger partial charge on any atom is 0.230 e. The molecule has 0 spiro atoms. The van der Waals surface area contributed by atoms with Gasteiger partial charge in [-0.1, -0.05) is 54.2 Å². The first kappa shape index (κ1) is 18.9. The monoisotopic (exact) mass is 405 g/mol. The topological polar surface area (TPSA) is 92.9 Å². The molecular formula is C21H19N5O2S. The Morgan fingerprint density at radius 1 is 1.10 bits per heavy atom. The Kier molecular flexibility index (Phi) is 5.44. The second-order valence-electron chi connectivity index (χ2n) is 6.54. The van der Waals surface area contributed by atoms with Gasteiger partial charge in [0.2, 0.25) is 11.1 Å². The number of nitrogens with one attached hydrogen (secondary N) is 1. The lowest BCUT2D eigenvalue weighted by molar-refractivity contribution is -0.119. The van der Waals surface area contributed by atoms with Crippen molar-refractivity contribution in [1.29, 1.82) is 0 Å². The number of amides is 1. The van der Waals surface area contributed by atoms with Crippen LogP contribution in [0.15, 0.2) is 71.9 Å². The van der Waals surface area contributed by atoms with Crippen molar-refractivity contribution in [3.05, 3.63) is 72.3 Å². The number of phenolic OH excluding ortho intramolecular Hbond substituents is 1. The number of thioether (sulfide) groups is 1. The molecule has 7 nitrogen and oxygen atoms in total. The molecular weight excluding hydrogens is 386 g/mol. The van der Waals surface area contributed by atoms with E-state index in [9.17, 15) is 9.90 Å². The fourth-order valence-electron chi connectivity index (χ4n) is 3.14. The number of carbonyl (C=O) groups is 1. The molecule has 0 aliphatic rings. The Bertz CT molecular complexity index is 1140. The predicted molar refractivity (Wildman–Crippen MR) is 112 cm³/mol. The molecule has 0 radical (unpaired) electrons. The molecule has 3 aromatic carbocycles. The van der Waals surface area contributed by atoms with Crippen LogP contribution in [0.3, 0.4) is 0 Å². The first-order valence-electron chi connectivity index (χ1n) is 9.09. The summed E-state index contributed by atoms with van der Waals surface area (Å²) in [5, 5.41) is 26.9. The van der Waals surface area contributed by atoms with Crippen molar-refractivity contribution < 1.29 is 9.90 Å². The molecule has 4 rings (SSSR count). The van der Waals surface area contributed by atoms with Crippen molar-refractivity contribution >= 4 is 28.4 Å². The molecule has 2 N–H and O–H groups in total. The molecule has 146 valence electrons. The second-order valence-corrected chi connectivity index (χ2v) is 7.48. The summed E-state index contributed by atoms with van der Waals surface area (Å²) in [7, 11) is 0. The van der Waals surface area contributed by atoms with Crippen LogP contribution in [0.5, 0.6) is 5.75 Å². The van der Waals surface area contributed by atoms with Crippen LogP contribution in [-0.2, 0) is 4.79 Å². The van der Waals surface area contributed by atoms with Crippen LogP contribution in [-0.4, -0.2) is 37.0 Å². The minimum Gasteiger partial charge on any atom is -0.508 e. The highest BCUT2D eigenvalue weighted by Gasteiger charge is 2.15. The molecule has 1 aromatic heterocycles. The minimum absolute atomic E-state index is 0.101. The van der Waals surface area contributed by atoms with E-state index in [-0.39, 0.29) is 23.5 Å². The van der Waals surface area contributed by atoms with Crippen molar-refractivity contribution in [2.24, 2.45) is 0 Å². The summed E-state index contributed by atoms with van der Waals surface area (Å²) < 4.78 is 1.53. The van der Waals surface area contributed by atoms with Crippen molar-refractivity contribution in [3.8, 4) is 11.4 Å². The van der Waals surface area contributed by atoms with Gasteiger partial charge in [-0.05, 0) is 58.0 Å². The Morgan fingerprint density at radius 3 is 2.69 bits per heavy atom. The zero-order chi connectivity index (χ0) is 20.2. The molecule has 0 saturated heterocycles. The van der Waals surface area contributed by atoms with E-state index in [1.54, 1.807) is 24.3 Å². The molecule has 0 fully saturated rings. The van der Waals surface area contributed by atoms with Crippen LogP contribution in [0.25, 0.3) is 16.5 Å². The number of aromatic hydroxyl groups is 1. The highest BCUT2D eigenvalue weighted by atomic mass is 32.2. The van der Waals surface area contributed by atoms with Crippen LogP contribution < -0.4 is 5.32 Å². The van der Waals surface area contributed by atoms with Crippen molar-refractivity contribution in [2.75, 3.05) is 5.75 Å². The largest absolute Gasteiger partial charge is 0.508 e. The van der Waals surface area contributed by atoms with Gasteiger partial charge in [0.1, 0.15) is 5.75 Å². The Balaban J connectivity index is 1.42. The van der Waals surface area contributed by atoms with E-state index in [1.807, 2.05) is 31.2 Å². The average Bonchev–Trinajstić information content (AvgIpc) is 3.21. The first-order chi connectivity index (χ1) is 14.1. The average molecular weight is 405 g/mol. The van der Waals surface area contributed by atoms with Gasteiger partial charge in [-0.15, -0.1) is 5.10 Å². The lowest BCUT2D eigenvalue weighted by Crippen LogP contribution is -2.28. The predicted octanol–water partition coefficient (Wildman–Crippen LogP) is 3.49. The van der Waals surface area contributed by atoms with E-state index in [1.165, 1.54) is 16.4 Å². The van der Waals surface area contributed by atoms with E-state index < -0.39 is 0 Å². The third-order valence-electron chi connectivity index (χ3n) is 4.53. The van der Waals surface area contributed by atoms with E-state index in [2.05, 4.69) is 39.0 Å². The Labute approximate surface area is 171 Å².